The summed E-state index contributed by atoms with van der Waals surface area (Å²) in [5.41, 5.74) is 5.46. The highest BCUT2D eigenvalue weighted by atomic mass is 16.4. The van der Waals surface area contributed by atoms with Crippen LogP contribution in [-0.2, 0) is 14.4 Å². The lowest BCUT2D eigenvalue weighted by molar-refractivity contribution is -0.139. The minimum atomic E-state index is -1.02. The summed E-state index contributed by atoms with van der Waals surface area (Å²) in [5, 5.41) is 20.7. The predicted octanol–water partition coefficient (Wildman–Crippen LogP) is -1.67. The Bertz CT molecular complexity index is 564. The molecular weight excluding hydrogens is 404 g/mol. The van der Waals surface area contributed by atoms with Gasteiger partial charge in [0, 0.05) is 73.0 Å². The molecule has 1 fully saturated rings. The molecule has 1 amide bonds. The number of amides is 1. The average molecular weight is 441 g/mol. The van der Waals surface area contributed by atoms with E-state index in [4.69, 9.17) is 30.0 Å². The number of rotatable bonds is 10. The Morgan fingerprint density at radius 2 is 1.32 bits per heavy atom. The second kappa shape index (κ2) is 15.1. The van der Waals surface area contributed by atoms with Gasteiger partial charge in [-0.3, -0.25) is 34.0 Å². The van der Waals surface area contributed by atoms with Gasteiger partial charge in [0.1, 0.15) is 6.04 Å². The first-order valence-corrected chi connectivity index (χ1v) is 10.6. The number of carbonyl (C=O) groups excluding carboxylic acids is 1. The third-order valence-electron chi connectivity index (χ3n) is 5.12. The van der Waals surface area contributed by atoms with Crippen molar-refractivity contribution in [2.75, 3.05) is 72.0 Å². The molecule has 5 N–H and O–H groups in total. The van der Waals surface area contributed by atoms with Gasteiger partial charge in [-0.15, -0.1) is 0 Å². The van der Waals surface area contributed by atoms with E-state index < -0.39 is 18.0 Å². The number of nitrogens with one attached hydrogen (secondary N) is 1. The van der Waals surface area contributed by atoms with Gasteiger partial charge in [0.2, 0.25) is 5.91 Å². The molecule has 0 unspecified atom stereocenters. The maximum Gasteiger partial charge on any atom is 0.320 e. The maximum atomic E-state index is 12.3. The standard InChI is InChI=1S/C20H36N6O5/c1-23-7-8-24(2)10-12-26(16-19(28)29)14-13-25(11-9-23)15-18(27)22-6-4-3-5-17(21)20(30)31/h1-2,17H,3-16,21H2,(H,22,27)(H,28,29)(H,30,31)/t17-/m0/s1. The lowest BCUT2D eigenvalue weighted by Gasteiger charge is -2.31. The lowest BCUT2D eigenvalue weighted by atomic mass is 10.1. The smallest absolute Gasteiger partial charge is 0.320 e. The van der Waals surface area contributed by atoms with Crippen LogP contribution in [0.4, 0.5) is 0 Å². The summed E-state index contributed by atoms with van der Waals surface area (Å²) in [5.74, 6) is -2.07. The number of carboxylic acid groups (broad SMARTS) is 2. The van der Waals surface area contributed by atoms with E-state index in [0.717, 1.165) is 0 Å². The van der Waals surface area contributed by atoms with Gasteiger partial charge in [-0.05, 0) is 19.3 Å². The molecule has 0 bridgehead atoms. The van der Waals surface area contributed by atoms with E-state index in [-0.39, 0.29) is 19.0 Å². The molecule has 0 spiro atoms. The van der Waals surface area contributed by atoms with Crippen molar-refractivity contribution in [3.8, 4) is 0 Å². The number of aliphatic carboxylic acids is 2. The summed E-state index contributed by atoms with van der Waals surface area (Å²) in [6.45, 7) is 4.80. The number of nitrogens with zero attached hydrogens (tertiary/aromatic N) is 4. The molecule has 0 aromatic heterocycles. The molecular formula is C20H36N6O5. The van der Waals surface area contributed by atoms with E-state index in [1.54, 1.807) is 14.7 Å². The van der Waals surface area contributed by atoms with Crippen molar-refractivity contribution in [1.82, 2.24) is 24.9 Å². The van der Waals surface area contributed by atoms with Crippen LogP contribution >= 0.6 is 0 Å². The zero-order chi connectivity index (χ0) is 23.2. The van der Waals surface area contributed by atoms with Gasteiger partial charge in [-0.1, -0.05) is 0 Å². The Morgan fingerprint density at radius 3 is 1.84 bits per heavy atom. The van der Waals surface area contributed by atoms with Gasteiger partial charge in [0.15, 0.2) is 0 Å². The normalized spacial score (nSPS) is 19.8. The molecule has 1 aliphatic rings. The SMILES string of the molecule is [CH]N1CCN([CH])CCN(CC(=O)NCCCC[C@H](N)C(=O)O)CCN(CC(=O)O)CC1. The van der Waals surface area contributed by atoms with Crippen LogP contribution in [0.2, 0.25) is 0 Å². The minimum Gasteiger partial charge on any atom is -0.480 e. The van der Waals surface area contributed by atoms with Crippen molar-refractivity contribution in [3.63, 3.8) is 0 Å². The third-order valence-corrected chi connectivity index (χ3v) is 5.12. The molecule has 1 rings (SSSR count). The Kier molecular flexibility index (Phi) is 13.3. The number of carbonyl (C=O) groups is 3. The molecule has 11 heteroatoms. The molecule has 0 aliphatic carbocycles. The number of hydrogen-bond donors (Lipinski definition) is 4. The molecule has 0 aromatic carbocycles. The topological polar surface area (TPSA) is 143 Å². The highest BCUT2D eigenvalue weighted by Gasteiger charge is 2.17. The maximum absolute atomic E-state index is 12.3. The van der Waals surface area contributed by atoms with Crippen LogP contribution in [-0.4, -0.2) is 126 Å². The molecule has 176 valence electrons. The van der Waals surface area contributed by atoms with E-state index in [0.29, 0.717) is 78.2 Å². The van der Waals surface area contributed by atoms with Crippen LogP contribution in [0.25, 0.3) is 0 Å². The second-order valence-corrected chi connectivity index (χ2v) is 7.81. The van der Waals surface area contributed by atoms with E-state index in [1.807, 2.05) is 4.90 Å². The summed E-state index contributed by atoms with van der Waals surface area (Å²) >= 11 is 0. The molecule has 4 radical (unpaired) electrons. The van der Waals surface area contributed by atoms with Crippen LogP contribution < -0.4 is 11.1 Å². The Labute approximate surface area is 185 Å². The fourth-order valence-electron chi connectivity index (χ4n) is 3.13. The first-order chi connectivity index (χ1) is 14.7. The molecule has 0 aromatic rings. The van der Waals surface area contributed by atoms with Crippen molar-refractivity contribution >= 4 is 17.8 Å². The summed E-state index contributed by atoms with van der Waals surface area (Å²) < 4.78 is 0. The van der Waals surface area contributed by atoms with Crippen LogP contribution in [0.3, 0.4) is 0 Å². The number of carboxylic acids is 2. The van der Waals surface area contributed by atoms with E-state index in [2.05, 4.69) is 5.32 Å². The van der Waals surface area contributed by atoms with Crippen LogP contribution in [0.5, 0.6) is 0 Å². The van der Waals surface area contributed by atoms with Crippen molar-refractivity contribution < 1.29 is 24.6 Å². The highest BCUT2D eigenvalue weighted by Crippen LogP contribution is 2.01. The largest absolute Gasteiger partial charge is 0.480 e. The molecule has 1 heterocycles. The minimum absolute atomic E-state index is 0.0879. The average Bonchev–Trinajstić information content (AvgIpc) is 2.70. The van der Waals surface area contributed by atoms with Crippen LogP contribution in [0.15, 0.2) is 0 Å². The van der Waals surface area contributed by atoms with Crippen molar-refractivity contribution in [2.24, 2.45) is 5.73 Å². The summed E-state index contributed by atoms with van der Waals surface area (Å²) in [7, 11) is 11.9. The van der Waals surface area contributed by atoms with E-state index in [1.165, 1.54) is 0 Å². The fourth-order valence-corrected chi connectivity index (χ4v) is 3.13. The van der Waals surface area contributed by atoms with Gasteiger partial charge in [-0.25, -0.2) is 0 Å². The number of nitrogens with two attached hydrogens (primary N) is 1. The molecule has 31 heavy (non-hydrogen) atoms. The van der Waals surface area contributed by atoms with Crippen LogP contribution in [0, 0.1) is 14.1 Å². The van der Waals surface area contributed by atoms with Crippen molar-refractivity contribution in [1.29, 1.82) is 0 Å². The molecule has 1 aliphatic heterocycles. The third kappa shape index (κ3) is 13.3. The summed E-state index contributed by atoms with van der Waals surface area (Å²) in [6.07, 6.45) is 1.62. The molecule has 0 saturated carbocycles. The van der Waals surface area contributed by atoms with Gasteiger partial charge >= 0.3 is 11.9 Å². The van der Waals surface area contributed by atoms with E-state index >= 15 is 0 Å². The quantitative estimate of drug-likeness (QED) is 0.291. The zero-order valence-electron chi connectivity index (χ0n) is 18.1. The Morgan fingerprint density at radius 1 is 0.839 bits per heavy atom. The van der Waals surface area contributed by atoms with E-state index in [9.17, 15) is 14.4 Å². The first-order valence-electron chi connectivity index (χ1n) is 10.6. The number of unbranched alkanes of at least 4 members (excludes halogenated alkanes) is 1. The molecule has 11 nitrogen and oxygen atoms in total. The Hall–Kier alpha value is -1.79. The lowest BCUT2D eigenvalue weighted by Crippen LogP contribution is -2.47. The first kappa shape index (κ1) is 27.2. The summed E-state index contributed by atoms with van der Waals surface area (Å²) in [4.78, 5) is 41.2. The van der Waals surface area contributed by atoms with Crippen molar-refractivity contribution in [2.45, 2.75) is 25.3 Å². The Balaban J connectivity index is 2.50. The van der Waals surface area contributed by atoms with Crippen molar-refractivity contribution in [3.05, 3.63) is 14.1 Å². The van der Waals surface area contributed by atoms with Gasteiger partial charge in [0.25, 0.3) is 0 Å². The highest BCUT2D eigenvalue weighted by molar-refractivity contribution is 5.78. The fraction of sp³-hybridized carbons (Fsp3) is 0.750. The molecule has 1 saturated heterocycles. The predicted molar refractivity (Wildman–Crippen MR) is 115 cm³/mol. The monoisotopic (exact) mass is 440 g/mol. The molecule has 1 atom stereocenters. The van der Waals surface area contributed by atoms with Gasteiger partial charge in [-0.2, -0.15) is 0 Å². The summed E-state index contributed by atoms with van der Waals surface area (Å²) in [6, 6.07) is -0.877. The number of hydrogen-bond acceptors (Lipinski definition) is 8. The van der Waals surface area contributed by atoms with Crippen LogP contribution in [0.1, 0.15) is 19.3 Å². The van der Waals surface area contributed by atoms with Gasteiger partial charge < -0.3 is 21.3 Å². The van der Waals surface area contributed by atoms with Gasteiger partial charge in [0.05, 0.1) is 13.1 Å². The zero-order valence-corrected chi connectivity index (χ0v) is 18.1. The second-order valence-electron chi connectivity index (χ2n) is 7.81.